The van der Waals surface area contributed by atoms with Crippen LogP contribution >= 0.6 is 11.3 Å². The van der Waals surface area contributed by atoms with Crippen LogP contribution in [0.2, 0.25) is 0 Å². The van der Waals surface area contributed by atoms with Gasteiger partial charge in [0.2, 0.25) is 0 Å². The molecule has 144 valence electrons. The van der Waals surface area contributed by atoms with Crippen LogP contribution in [0.15, 0.2) is 71.7 Å². The normalized spacial score (nSPS) is 16.6. The number of hydrogen-bond acceptors (Lipinski definition) is 4. The number of amides is 2. The molecule has 0 N–H and O–H groups in total. The molecule has 0 spiro atoms. The summed E-state index contributed by atoms with van der Waals surface area (Å²) in [5.41, 5.74) is 4.86. The summed E-state index contributed by atoms with van der Waals surface area (Å²) in [6.45, 7) is 2.69. The molecule has 0 unspecified atom stereocenters. The lowest BCUT2D eigenvalue weighted by molar-refractivity contribution is -0.120. The first-order valence-corrected chi connectivity index (χ1v) is 10.6. The first-order valence-electron chi connectivity index (χ1n) is 9.74. The first-order chi connectivity index (χ1) is 14.1. The fraction of sp³-hybridized carbons (Fsp3) is 0.167. The van der Waals surface area contributed by atoms with E-state index in [9.17, 15) is 9.59 Å². The largest absolute Gasteiger partial charge is 0.336 e. The van der Waals surface area contributed by atoms with Gasteiger partial charge in [0.1, 0.15) is 5.70 Å². The third-order valence-corrected chi connectivity index (χ3v) is 6.35. The molecule has 0 bridgehead atoms. The zero-order valence-electron chi connectivity index (χ0n) is 16.1. The van der Waals surface area contributed by atoms with Crippen molar-refractivity contribution in [3.05, 3.63) is 87.7 Å². The Kier molecular flexibility index (Phi) is 4.32. The van der Waals surface area contributed by atoms with Crippen molar-refractivity contribution in [3.8, 4) is 0 Å². The number of para-hydroxylation sites is 1. The van der Waals surface area contributed by atoms with Crippen molar-refractivity contribution < 1.29 is 9.59 Å². The summed E-state index contributed by atoms with van der Waals surface area (Å²) >= 11 is 1.49. The zero-order chi connectivity index (χ0) is 20.0. The number of imide groups is 1. The lowest BCUT2D eigenvalue weighted by Gasteiger charge is -2.32. The molecule has 2 aliphatic rings. The molecule has 0 atom stereocenters. The molecule has 0 radical (unpaired) electrons. The van der Waals surface area contributed by atoms with Gasteiger partial charge in [-0.15, -0.1) is 11.3 Å². The number of fused-ring (bicyclic) bond motifs is 1. The van der Waals surface area contributed by atoms with Crippen molar-refractivity contribution >= 4 is 40.1 Å². The summed E-state index contributed by atoms with van der Waals surface area (Å²) in [6.07, 6.45) is 1.93. The molecule has 5 heteroatoms. The molecule has 1 aromatic heterocycles. The minimum atomic E-state index is -0.249. The van der Waals surface area contributed by atoms with E-state index in [4.69, 9.17) is 0 Å². The van der Waals surface area contributed by atoms with Gasteiger partial charge >= 0.3 is 0 Å². The van der Waals surface area contributed by atoms with E-state index in [0.29, 0.717) is 17.0 Å². The van der Waals surface area contributed by atoms with Crippen LogP contribution in [-0.4, -0.2) is 18.4 Å². The molecule has 0 saturated heterocycles. The summed E-state index contributed by atoms with van der Waals surface area (Å²) in [6, 6.07) is 19.5. The number of nitrogens with zero attached hydrogens (tertiary/aromatic N) is 2. The second-order valence-corrected chi connectivity index (χ2v) is 8.32. The first kappa shape index (κ1) is 17.9. The second-order valence-electron chi connectivity index (χ2n) is 7.37. The maximum atomic E-state index is 13.7. The Labute approximate surface area is 173 Å². The molecule has 2 aliphatic heterocycles. The molecule has 4 nitrogen and oxygen atoms in total. The molecule has 0 fully saturated rings. The third kappa shape index (κ3) is 2.89. The molecule has 3 heterocycles. The van der Waals surface area contributed by atoms with Crippen LogP contribution in [0.25, 0.3) is 5.57 Å². The fourth-order valence-electron chi connectivity index (χ4n) is 4.18. The van der Waals surface area contributed by atoms with E-state index < -0.39 is 0 Å². The molecule has 3 aromatic rings. The van der Waals surface area contributed by atoms with Crippen molar-refractivity contribution in [2.45, 2.75) is 19.8 Å². The molecule has 29 heavy (non-hydrogen) atoms. The maximum Gasteiger partial charge on any atom is 0.282 e. The summed E-state index contributed by atoms with van der Waals surface area (Å²) in [5, 5.41) is 1.94. The van der Waals surface area contributed by atoms with E-state index in [2.05, 4.69) is 6.07 Å². The molecule has 2 amide bonds. The van der Waals surface area contributed by atoms with Crippen LogP contribution in [0.3, 0.4) is 0 Å². The highest BCUT2D eigenvalue weighted by Crippen LogP contribution is 2.40. The predicted molar refractivity (Wildman–Crippen MR) is 117 cm³/mol. The van der Waals surface area contributed by atoms with Crippen LogP contribution in [0, 0.1) is 6.92 Å². The highest BCUT2D eigenvalue weighted by molar-refractivity contribution is 7.11. The van der Waals surface area contributed by atoms with E-state index >= 15 is 0 Å². The Morgan fingerprint density at radius 1 is 0.931 bits per heavy atom. The summed E-state index contributed by atoms with van der Waals surface area (Å²) in [7, 11) is 0. The molecule has 0 saturated carbocycles. The van der Waals surface area contributed by atoms with Crippen LogP contribution < -0.4 is 9.80 Å². The van der Waals surface area contributed by atoms with Crippen LogP contribution in [0.5, 0.6) is 0 Å². The highest BCUT2D eigenvalue weighted by atomic mass is 32.1. The maximum absolute atomic E-state index is 13.7. The van der Waals surface area contributed by atoms with Gasteiger partial charge in [-0.1, -0.05) is 36.4 Å². The number of hydrogen-bond donors (Lipinski definition) is 0. The summed E-state index contributed by atoms with van der Waals surface area (Å²) in [4.78, 5) is 31.4. The Hall–Kier alpha value is -3.18. The van der Waals surface area contributed by atoms with Crippen molar-refractivity contribution in [1.29, 1.82) is 0 Å². The van der Waals surface area contributed by atoms with Gasteiger partial charge < -0.3 is 4.90 Å². The standard InChI is InChI=1S/C24H20N2O2S/c1-16-7-4-10-18(15-16)26-23(27)21(20-12-6-14-29-20)22(24(26)28)25-13-5-9-17-8-2-3-11-19(17)25/h2-4,6-8,10-12,14-15H,5,9,13H2,1H3. The van der Waals surface area contributed by atoms with Crippen LogP contribution in [-0.2, 0) is 16.0 Å². The third-order valence-electron chi connectivity index (χ3n) is 5.47. The van der Waals surface area contributed by atoms with Gasteiger partial charge in [0.05, 0.1) is 11.3 Å². The summed E-state index contributed by atoms with van der Waals surface area (Å²) in [5.74, 6) is -0.498. The Bertz CT molecular complexity index is 1150. The van der Waals surface area contributed by atoms with Crippen molar-refractivity contribution in [2.75, 3.05) is 16.3 Å². The number of carbonyl (C=O) groups is 2. The van der Waals surface area contributed by atoms with E-state index in [1.807, 2.05) is 71.8 Å². The molecule has 5 rings (SSSR count). The van der Waals surface area contributed by atoms with Gasteiger partial charge in [-0.2, -0.15) is 0 Å². The fourth-order valence-corrected chi connectivity index (χ4v) is 4.94. The topological polar surface area (TPSA) is 40.6 Å². The average Bonchev–Trinajstić information content (AvgIpc) is 3.33. The van der Waals surface area contributed by atoms with Crippen molar-refractivity contribution in [2.24, 2.45) is 0 Å². The molecular weight excluding hydrogens is 380 g/mol. The number of rotatable bonds is 3. The van der Waals surface area contributed by atoms with Gasteiger partial charge in [-0.3, -0.25) is 9.59 Å². The van der Waals surface area contributed by atoms with E-state index in [1.165, 1.54) is 21.8 Å². The number of benzene rings is 2. The summed E-state index contributed by atoms with van der Waals surface area (Å²) < 4.78 is 0. The minimum absolute atomic E-state index is 0.249. The predicted octanol–water partition coefficient (Wildman–Crippen LogP) is 4.79. The molecule has 2 aromatic carbocycles. The molecular formula is C24H20N2O2S. The van der Waals surface area contributed by atoms with Gasteiger partial charge in [-0.25, -0.2) is 4.90 Å². The van der Waals surface area contributed by atoms with Gasteiger partial charge in [0, 0.05) is 17.1 Å². The van der Waals surface area contributed by atoms with E-state index in [0.717, 1.165) is 35.5 Å². The van der Waals surface area contributed by atoms with Crippen LogP contribution in [0.4, 0.5) is 11.4 Å². The quantitative estimate of drug-likeness (QED) is 0.594. The highest BCUT2D eigenvalue weighted by Gasteiger charge is 2.43. The molecule has 0 aliphatic carbocycles. The smallest absolute Gasteiger partial charge is 0.282 e. The van der Waals surface area contributed by atoms with Gasteiger partial charge in [0.25, 0.3) is 11.8 Å². The van der Waals surface area contributed by atoms with Crippen molar-refractivity contribution in [1.82, 2.24) is 0 Å². The minimum Gasteiger partial charge on any atom is -0.336 e. The van der Waals surface area contributed by atoms with Crippen LogP contribution in [0.1, 0.15) is 22.4 Å². The Balaban J connectivity index is 1.69. The number of aryl methyl sites for hydroxylation is 2. The van der Waals surface area contributed by atoms with E-state index in [-0.39, 0.29) is 11.8 Å². The Morgan fingerprint density at radius 2 is 1.79 bits per heavy atom. The van der Waals surface area contributed by atoms with Gasteiger partial charge in [0.15, 0.2) is 0 Å². The lowest BCUT2D eigenvalue weighted by Crippen LogP contribution is -2.37. The Morgan fingerprint density at radius 3 is 2.59 bits per heavy atom. The number of carbonyl (C=O) groups excluding carboxylic acids is 2. The SMILES string of the molecule is Cc1cccc(N2C(=O)C(c3cccs3)=C(N3CCCc4ccccc43)C2=O)c1. The van der Waals surface area contributed by atoms with Crippen molar-refractivity contribution in [3.63, 3.8) is 0 Å². The zero-order valence-corrected chi connectivity index (χ0v) is 16.9. The van der Waals surface area contributed by atoms with E-state index in [1.54, 1.807) is 0 Å². The number of anilines is 2. The average molecular weight is 401 g/mol. The lowest BCUT2D eigenvalue weighted by atomic mass is 10.00. The monoisotopic (exact) mass is 400 g/mol. The van der Waals surface area contributed by atoms with Gasteiger partial charge in [-0.05, 0) is 60.5 Å². The second kappa shape index (κ2) is 7.01. The number of thiophene rings is 1.